The molecule has 1 rings (SSSR count). The Labute approximate surface area is 73.4 Å². The molecule has 1 unspecified atom stereocenters. The molecule has 62 valence electrons. The second kappa shape index (κ2) is 3.34. The summed E-state index contributed by atoms with van der Waals surface area (Å²) in [6.45, 7) is 0. The average molecular weight is 185 g/mol. The highest BCUT2D eigenvalue weighted by Crippen LogP contribution is 2.15. The first-order valence-corrected chi connectivity index (χ1v) is 3.53. The molecule has 5 heteroatoms. The van der Waals surface area contributed by atoms with Crippen LogP contribution in [0.25, 0.3) is 5.53 Å². The van der Waals surface area contributed by atoms with Crippen molar-refractivity contribution >= 4 is 23.3 Å². The smallest absolute Gasteiger partial charge is 0.322 e. The summed E-state index contributed by atoms with van der Waals surface area (Å²) in [5.41, 5.74) is 8.45. The van der Waals surface area contributed by atoms with Crippen molar-refractivity contribution in [3.8, 4) is 0 Å². The van der Waals surface area contributed by atoms with Gasteiger partial charge in [-0.15, -0.1) is 0 Å². The molecule has 0 heterocycles. The van der Waals surface area contributed by atoms with E-state index in [-0.39, 0.29) is 5.71 Å². The van der Waals surface area contributed by atoms with Crippen molar-refractivity contribution in [2.24, 2.45) is 5.92 Å². The minimum atomic E-state index is -1.07. The summed E-state index contributed by atoms with van der Waals surface area (Å²) in [7, 11) is 0. The van der Waals surface area contributed by atoms with Crippen molar-refractivity contribution in [2.45, 2.75) is 0 Å². The van der Waals surface area contributed by atoms with Gasteiger partial charge in [0.15, 0.2) is 5.92 Å². The number of rotatable bonds is 1. The maximum atomic E-state index is 10.5. The Bertz CT molecular complexity index is 326. The predicted molar refractivity (Wildman–Crippen MR) is 42.8 cm³/mol. The number of hydrogen-bond acceptors (Lipinski definition) is 1. The first-order chi connectivity index (χ1) is 5.65. The molecule has 0 bridgehead atoms. The van der Waals surface area contributed by atoms with E-state index < -0.39 is 11.9 Å². The topological polar surface area (TPSA) is 73.7 Å². The number of hydrogen-bond donors (Lipinski definition) is 1. The summed E-state index contributed by atoms with van der Waals surface area (Å²) in [6.07, 6.45) is 4.12. The maximum Gasteiger partial charge on any atom is 0.322 e. The van der Waals surface area contributed by atoms with Gasteiger partial charge in [-0.05, 0) is 6.08 Å². The van der Waals surface area contributed by atoms with Gasteiger partial charge in [-0.3, -0.25) is 4.79 Å². The van der Waals surface area contributed by atoms with Gasteiger partial charge in [-0.25, -0.2) is 0 Å². The monoisotopic (exact) mass is 184 g/mol. The normalized spacial score (nSPS) is 21.6. The van der Waals surface area contributed by atoms with Crippen LogP contribution in [0.1, 0.15) is 0 Å². The van der Waals surface area contributed by atoms with Gasteiger partial charge >= 0.3 is 11.7 Å². The number of carboxylic acid groups (broad SMARTS) is 1. The van der Waals surface area contributed by atoms with Crippen molar-refractivity contribution in [1.82, 2.24) is 0 Å². The van der Waals surface area contributed by atoms with Crippen molar-refractivity contribution in [2.75, 3.05) is 0 Å². The largest absolute Gasteiger partial charge is 0.480 e. The zero-order valence-electron chi connectivity index (χ0n) is 5.94. The van der Waals surface area contributed by atoms with Gasteiger partial charge in [0.2, 0.25) is 0 Å². The summed E-state index contributed by atoms with van der Waals surface area (Å²) >= 11 is 5.55. The van der Waals surface area contributed by atoms with Crippen LogP contribution in [-0.4, -0.2) is 21.6 Å². The Morgan fingerprint density at radius 3 is 2.92 bits per heavy atom. The first-order valence-electron chi connectivity index (χ1n) is 3.15. The van der Waals surface area contributed by atoms with Crippen LogP contribution in [0.4, 0.5) is 0 Å². The van der Waals surface area contributed by atoms with Crippen LogP contribution in [0.2, 0.25) is 0 Å². The molecule has 0 saturated carbocycles. The summed E-state index contributed by atoms with van der Waals surface area (Å²) in [5.74, 6) is -1.98. The van der Waals surface area contributed by atoms with E-state index >= 15 is 0 Å². The Kier molecular flexibility index (Phi) is 2.43. The highest BCUT2D eigenvalue weighted by molar-refractivity contribution is 6.33. The number of nitrogens with zero attached hydrogens (tertiary/aromatic N) is 2. The Hall–Kier alpha value is -1.38. The molecule has 1 aliphatic rings. The molecule has 0 amide bonds. The van der Waals surface area contributed by atoms with Crippen LogP contribution >= 0.6 is 11.6 Å². The van der Waals surface area contributed by atoms with Crippen LogP contribution in [0.5, 0.6) is 0 Å². The molecular formula is C7H5ClN2O2. The lowest BCUT2D eigenvalue weighted by atomic mass is 9.99. The highest BCUT2D eigenvalue weighted by Gasteiger charge is 2.28. The minimum Gasteiger partial charge on any atom is -0.480 e. The average Bonchev–Trinajstić information content (AvgIpc) is 2.03. The SMILES string of the molecule is [N-]=[N+]=C1C=C(Cl)C=CC1C(=O)O. The molecule has 0 aromatic carbocycles. The summed E-state index contributed by atoms with van der Waals surface area (Å²) in [4.78, 5) is 13.3. The fourth-order valence-corrected chi connectivity index (χ4v) is 1.05. The minimum absolute atomic E-state index is 0.0370. The summed E-state index contributed by atoms with van der Waals surface area (Å²) in [5, 5.41) is 8.96. The van der Waals surface area contributed by atoms with Gasteiger partial charge in [0.25, 0.3) is 0 Å². The van der Waals surface area contributed by atoms with Crippen molar-refractivity contribution in [3.63, 3.8) is 0 Å². The lowest BCUT2D eigenvalue weighted by molar-refractivity contribution is -0.139. The van der Waals surface area contributed by atoms with Gasteiger partial charge in [0.1, 0.15) is 0 Å². The second-order valence-electron chi connectivity index (χ2n) is 2.23. The lowest BCUT2D eigenvalue weighted by Gasteiger charge is -2.03. The standard InChI is InChI=1S/C7H5ClN2O2/c8-4-1-2-5(7(11)12)6(3-4)10-9/h1-3,5H,(H,11,12). The second-order valence-corrected chi connectivity index (χ2v) is 2.67. The van der Waals surface area contributed by atoms with E-state index in [0.29, 0.717) is 5.03 Å². The fraction of sp³-hybridized carbons (Fsp3) is 0.143. The molecule has 0 spiro atoms. The molecule has 12 heavy (non-hydrogen) atoms. The number of carbonyl (C=O) groups is 1. The molecule has 0 fully saturated rings. The summed E-state index contributed by atoms with van der Waals surface area (Å²) in [6, 6.07) is 0. The fourth-order valence-electron chi connectivity index (χ4n) is 0.866. The number of halogens is 1. The third kappa shape index (κ3) is 1.61. The van der Waals surface area contributed by atoms with Crippen LogP contribution in [-0.2, 0) is 4.79 Å². The Morgan fingerprint density at radius 2 is 2.42 bits per heavy atom. The van der Waals surface area contributed by atoms with Crippen molar-refractivity contribution in [1.29, 1.82) is 0 Å². The third-order valence-corrected chi connectivity index (χ3v) is 1.67. The van der Waals surface area contributed by atoms with Gasteiger partial charge in [0.05, 0.1) is 0 Å². The van der Waals surface area contributed by atoms with Crippen molar-refractivity contribution < 1.29 is 14.7 Å². The summed E-state index contributed by atoms with van der Waals surface area (Å²) < 4.78 is 0. The number of aliphatic carboxylic acids is 1. The maximum absolute atomic E-state index is 10.5. The quantitative estimate of drug-likeness (QED) is 0.489. The number of carboxylic acids is 1. The van der Waals surface area contributed by atoms with Gasteiger partial charge in [-0.1, -0.05) is 17.7 Å². The van der Waals surface area contributed by atoms with E-state index in [9.17, 15) is 4.79 Å². The zero-order chi connectivity index (χ0) is 9.14. The van der Waals surface area contributed by atoms with Gasteiger partial charge in [0, 0.05) is 11.1 Å². The number of allylic oxidation sites excluding steroid dienone is 3. The molecule has 1 atom stereocenters. The molecule has 0 aromatic heterocycles. The van der Waals surface area contributed by atoms with E-state index in [1.165, 1.54) is 18.2 Å². The molecule has 0 radical (unpaired) electrons. The van der Waals surface area contributed by atoms with E-state index in [1.807, 2.05) is 0 Å². The first kappa shape index (κ1) is 8.71. The van der Waals surface area contributed by atoms with E-state index in [0.717, 1.165) is 0 Å². The van der Waals surface area contributed by atoms with Crippen molar-refractivity contribution in [3.05, 3.63) is 28.8 Å². The predicted octanol–water partition coefficient (Wildman–Crippen LogP) is 1.05. The van der Waals surface area contributed by atoms with Gasteiger partial charge in [-0.2, -0.15) is 4.79 Å². The van der Waals surface area contributed by atoms with Crippen LogP contribution in [0.15, 0.2) is 23.3 Å². The van der Waals surface area contributed by atoms with E-state index in [4.69, 9.17) is 22.2 Å². The Morgan fingerprint density at radius 1 is 1.75 bits per heavy atom. The van der Waals surface area contributed by atoms with Crippen LogP contribution in [0, 0.1) is 5.92 Å². The molecule has 4 nitrogen and oxygen atoms in total. The lowest BCUT2D eigenvalue weighted by Crippen LogP contribution is -2.22. The van der Waals surface area contributed by atoms with E-state index in [2.05, 4.69) is 4.79 Å². The zero-order valence-corrected chi connectivity index (χ0v) is 6.69. The van der Waals surface area contributed by atoms with Crippen LogP contribution < -0.4 is 0 Å². The molecule has 1 aliphatic carbocycles. The molecule has 0 aromatic rings. The van der Waals surface area contributed by atoms with Crippen LogP contribution in [0.3, 0.4) is 0 Å². The van der Waals surface area contributed by atoms with Gasteiger partial charge < -0.3 is 10.6 Å². The molecular weight excluding hydrogens is 180 g/mol. The third-order valence-electron chi connectivity index (χ3n) is 1.43. The molecule has 1 N–H and O–H groups in total. The van der Waals surface area contributed by atoms with E-state index in [1.54, 1.807) is 0 Å². The Balaban J connectivity index is 3.04. The molecule has 0 saturated heterocycles. The highest BCUT2D eigenvalue weighted by atomic mass is 35.5. The molecule has 0 aliphatic heterocycles.